The normalized spacial score (nSPS) is 12.2. The summed E-state index contributed by atoms with van der Waals surface area (Å²) in [6, 6.07) is 6.85. The van der Waals surface area contributed by atoms with E-state index >= 15 is 0 Å². The summed E-state index contributed by atoms with van der Waals surface area (Å²) in [4.78, 5) is 20.7. The molecule has 1 amide bonds. The molecule has 0 unspecified atom stereocenters. The Morgan fingerprint density at radius 3 is 2.41 bits per heavy atom. The molecule has 0 saturated carbocycles. The SMILES string of the molecule is C=NN(/N=C\C)c1ncc(NC(=O)c2cnn(-c3cnc(C(C)(F)F)c4ccccc34)c2C(F)(F)F)cc1Cl. The van der Waals surface area contributed by atoms with Gasteiger partial charge in [-0.15, -0.1) is 5.12 Å². The molecule has 0 spiro atoms. The quantitative estimate of drug-likeness (QED) is 0.162. The Bertz CT molecular complexity index is 1600. The number of aromatic nitrogens is 4. The first-order chi connectivity index (χ1) is 18.4. The first-order valence-corrected chi connectivity index (χ1v) is 11.4. The molecular weight excluding hydrogens is 547 g/mol. The van der Waals surface area contributed by atoms with E-state index < -0.39 is 35.0 Å². The second-order valence-corrected chi connectivity index (χ2v) is 8.44. The van der Waals surface area contributed by atoms with Crippen LogP contribution in [0.2, 0.25) is 5.02 Å². The van der Waals surface area contributed by atoms with Crippen LogP contribution in [-0.4, -0.2) is 38.6 Å². The van der Waals surface area contributed by atoms with Gasteiger partial charge in [-0.1, -0.05) is 35.9 Å². The van der Waals surface area contributed by atoms with E-state index in [1.165, 1.54) is 36.5 Å². The largest absolute Gasteiger partial charge is 0.434 e. The molecule has 0 aliphatic heterocycles. The van der Waals surface area contributed by atoms with Crippen LogP contribution in [0.15, 0.2) is 59.1 Å². The van der Waals surface area contributed by atoms with Gasteiger partial charge in [0.2, 0.25) is 0 Å². The van der Waals surface area contributed by atoms with Crippen LogP contribution in [0.5, 0.6) is 0 Å². The van der Waals surface area contributed by atoms with Crippen molar-refractivity contribution in [2.45, 2.75) is 25.9 Å². The summed E-state index contributed by atoms with van der Waals surface area (Å²) in [6.07, 6.45) is -0.941. The molecule has 15 heteroatoms. The number of nitrogens with zero attached hydrogens (tertiary/aromatic N) is 7. The summed E-state index contributed by atoms with van der Waals surface area (Å²) in [5.41, 5.74) is -3.14. The molecule has 9 nitrogen and oxygen atoms in total. The molecule has 0 atom stereocenters. The molecule has 0 bridgehead atoms. The van der Waals surface area contributed by atoms with Gasteiger partial charge in [-0.3, -0.25) is 9.78 Å². The Balaban J connectivity index is 1.77. The second-order valence-electron chi connectivity index (χ2n) is 8.03. The summed E-state index contributed by atoms with van der Waals surface area (Å²) >= 11 is 6.18. The van der Waals surface area contributed by atoms with E-state index in [0.29, 0.717) is 11.6 Å². The fourth-order valence-electron chi connectivity index (χ4n) is 3.78. The monoisotopic (exact) mass is 564 g/mol. The average Bonchev–Trinajstić information content (AvgIpc) is 3.32. The van der Waals surface area contributed by atoms with Crippen molar-refractivity contribution in [1.82, 2.24) is 19.7 Å². The maximum absolute atomic E-state index is 14.3. The average molecular weight is 565 g/mol. The van der Waals surface area contributed by atoms with Gasteiger partial charge in [-0.05, 0) is 13.0 Å². The molecule has 1 aromatic carbocycles. The van der Waals surface area contributed by atoms with E-state index in [9.17, 15) is 26.7 Å². The minimum Gasteiger partial charge on any atom is -0.320 e. The summed E-state index contributed by atoms with van der Waals surface area (Å²) in [6.45, 7) is 5.59. The van der Waals surface area contributed by atoms with Crippen molar-refractivity contribution in [3.05, 3.63) is 70.9 Å². The number of fused-ring (bicyclic) bond motifs is 1. The second kappa shape index (κ2) is 10.4. The topological polar surface area (TPSA) is 101 Å². The Labute approximate surface area is 222 Å². The molecule has 0 saturated heterocycles. The van der Waals surface area contributed by atoms with Crippen molar-refractivity contribution >= 4 is 52.7 Å². The zero-order valence-corrected chi connectivity index (χ0v) is 21.0. The number of carbonyl (C=O) groups excluding carboxylic acids is 1. The van der Waals surface area contributed by atoms with Gasteiger partial charge in [0, 0.05) is 30.6 Å². The maximum atomic E-state index is 14.3. The highest BCUT2D eigenvalue weighted by atomic mass is 35.5. The fraction of sp³-hybridized carbons (Fsp3) is 0.167. The summed E-state index contributed by atoms with van der Waals surface area (Å²) in [5.74, 6) is -4.46. The number of amides is 1. The number of alkyl halides is 5. The third kappa shape index (κ3) is 5.41. The number of hydrogen-bond donors (Lipinski definition) is 1. The number of nitrogens with one attached hydrogen (secondary N) is 1. The van der Waals surface area contributed by atoms with Crippen LogP contribution in [0.3, 0.4) is 0 Å². The van der Waals surface area contributed by atoms with Crippen LogP contribution >= 0.6 is 11.6 Å². The van der Waals surface area contributed by atoms with Crippen molar-refractivity contribution < 1.29 is 26.7 Å². The number of hydrogen-bond acceptors (Lipinski definition) is 7. The number of rotatable bonds is 7. The summed E-state index contributed by atoms with van der Waals surface area (Å²) in [5, 5.41) is 14.5. The number of hydrazone groups is 2. The third-order valence-corrected chi connectivity index (χ3v) is 5.61. The fourth-order valence-corrected chi connectivity index (χ4v) is 4.02. The van der Waals surface area contributed by atoms with Gasteiger partial charge in [0.15, 0.2) is 11.5 Å². The van der Waals surface area contributed by atoms with Crippen molar-refractivity contribution in [2.24, 2.45) is 10.2 Å². The molecule has 1 N–H and O–H groups in total. The third-order valence-electron chi connectivity index (χ3n) is 5.33. The molecule has 0 fully saturated rings. The van der Waals surface area contributed by atoms with E-state index in [1.54, 1.807) is 6.92 Å². The predicted molar refractivity (Wildman–Crippen MR) is 137 cm³/mol. The molecule has 0 radical (unpaired) electrons. The number of carbonyl (C=O) groups is 1. The molecule has 4 aromatic rings. The predicted octanol–water partition coefficient (Wildman–Crippen LogP) is 6.28. The number of anilines is 2. The number of benzene rings is 1. The lowest BCUT2D eigenvalue weighted by Crippen LogP contribution is -2.21. The van der Waals surface area contributed by atoms with Crippen LogP contribution in [0.4, 0.5) is 33.5 Å². The van der Waals surface area contributed by atoms with E-state index in [4.69, 9.17) is 11.6 Å². The van der Waals surface area contributed by atoms with Crippen LogP contribution < -0.4 is 10.4 Å². The molecule has 0 aliphatic rings. The smallest absolute Gasteiger partial charge is 0.320 e. The van der Waals surface area contributed by atoms with Crippen molar-refractivity contribution in [1.29, 1.82) is 0 Å². The van der Waals surface area contributed by atoms with Crippen LogP contribution in [0, 0.1) is 0 Å². The van der Waals surface area contributed by atoms with E-state index in [1.807, 2.05) is 0 Å². The van der Waals surface area contributed by atoms with Crippen molar-refractivity contribution in [2.75, 3.05) is 10.4 Å². The molecule has 3 aromatic heterocycles. The van der Waals surface area contributed by atoms with Crippen LogP contribution in [0.1, 0.15) is 35.6 Å². The molecule has 3 heterocycles. The Morgan fingerprint density at radius 2 is 1.82 bits per heavy atom. The van der Waals surface area contributed by atoms with Gasteiger partial charge >= 0.3 is 6.18 Å². The first kappa shape index (κ1) is 27.6. The lowest BCUT2D eigenvalue weighted by molar-refractivity contribution is -0.143. The van der Waals surface area contributed by atoms with Crippen LogP contribution in [0.25, 0.3) is 16.5 Å². The van der Waals surface area contributed by atoms with E-state index in [0.717, 1.165) is 23.7 Å². The molecule has 4 rings (SSSR count). The Morgan fingerprint density at radius 1 is 1.13 bits per heavy atom. The molecule has 202 valence electrons. The van der Waals surface area contributed by atoms with Crippen molar-refractivity contribution in [3.8, 4) is 5.69 Å². The number of pyridine rings is 2. The molecule has 39 heavy (non-hydrogen) atoms. The van der Waals surface area contributed by atoms with E-state index in [-0.39, 0.29) is 33.0 Å². The van der Waals surface area contributed by atoms with Crippen LogP contribution in [-0.2, 0) is 12.1 Å². The van der Waals surface area contributed by atoms with Gasteiger partial charge in [0.25, 0.3) is 11.8 Å². The standard InChI is InChI=1S/C24H18ClF5N8O/c1-4-34-38(31-3)21-17(25)9-13(10-33-21)36-22(39)16-11-35-37(20(16)24(28,29)30)18-12-32-19(23(2,26)27)15-8-6-5-7-14(15)18/h4-12H,3H2,1-2H3,(H,36,39)/b34-4-. The highest BCUT2D eigenvalue weighted by Crippen LogP contribution is 2.38. The van der Waals surface area contributed by atoms with Crippen molar-refractivity contribution in [3.63, 3.8) is 0 Å². The lowest BCUT2D eigenvalue weighted by atomic mass is 10.1. The summed E-state index contributed by atoms with van der Waals surface area (Å²) < 4.78 is 71.5. The summed E-state index contributed by atoms with van der Waals surface area (Å²) in [7, 11) is 0. The molecule has 0 aliphatic carbocycles. The van der Waals surface area contributed by atoms with Gasteiger partial charge in [0.1, 0.15) is 5.69 Å². The zero-order valence-electron chi connectivity index (χ0n) is 20.2. The Kier molecular flexibility index (Phi) is 7.33. The first-order valence-electron chi connectivity index (χ1n) is 11.0. The zero-order chi connectivity index (χ0) is 28.5. The van der Waals surface area contributed by atoms with Gasteiger partial charge in [0.05, 0.1) is 40.6 Å². The van der Waals surface area contributed by atoms with E-state index in [2.05, 4.69) is 37.3 Å². The lowest BCUT2D eigenvalue weighted by Gasteiger charge is -2.17. The highest BCUT2D eigenvalue weighted by Gasteiger charge is 2.41. The van der Waals surface area contributed by atoms with Gasteiger partial charge < -0.3 is 5.32 Å². The maximum Gasteiger partial charge on any atom is 0.434 e. The minimum absolute atomic E-state index is 0.0251. The number of halogens is 6. The Hall–Kier alpha value is -4.46. The van der Waals surface area contributed by atoms with Gasteiger partial charge in [-0.2, -0.15) is 37.3 Å². The highest BCUT2D eigenvalue weighted by molar-refractivity contribution is 6.33. The molecular formula is C24H18ClF5N8O. The minimum atomic E-state index is -5.06. The van der Waals surface area contributed by atoms with Gasteiger partial charge in [-0.25, -0.2) is 9.67 Å².